The molecule has 9 aromatic carbocycles. The van der Waals surface area contributed by atoms with E-state index in [-0.39, 0.29) is 0 Å². The Morgan fingerprint density at radius 1 is 0.264 bits per heavy atom. The summed E-state index contributed by atoms with van der Waals surface area (Å²) >= 11 is 0. The van der Waals surface area contributed by atoms with Gasteiger partial charge in [0.15, 0.2) is 5.82 Å². The number of hydrogen-bond donors (Lipinski definition) is 0. The van der Waals surface area contributed by atoms with Crippen LogP contribution in [-0.4, -0.2) is 29.1 Å². The molecule has 6 nitrogen and oxygen atoms in total. The summed E-state index contributed by atoms with van der Waals surface area (Å²) < 4.78 is 4.71. The summed E-state index contributed by atoms with van der Waals surface area (Å²) in [6.45, 7) is 0. The molecular formula is C66H42N6. The van der Waals surface area contributed by atoms with E-state index in [1.807, 2.05) is 60.8 Å². The highest BCUT2D eigenvalue weighted by Crippen LogP contribution is 2.40. The number of para-hydroxylation sites is 4. The molecule has 5 aromatic heterocycles. The van der Waals surface area contributed by atoms with E-state index >= 15 is 0 Å². The van der Waals surface area contributed by atoms with Gasteiger partial charge in [0.1, 0.15) is 0 Å². The molecule has 0 saturated heterocycles. The van der Waals surface area contributed by atoms with Crippen molar-refractivity contribution >= 4 is 54.5 Å². The monoisotopic (exact) mass is 918 g/mol. The maximum absolute atomic E-state index is 5.44. The van der Waals surface area contributed by atoms with Gasteiger partial charge in [-0.1, -0.05) is 158 Å². The lowest BCUT2D eigenvalue weighted by Gasteiger charge is -2.14. The first-order valence-electron chi connectivity index (χ1n) is 24.3. The topological polar surface area (TPSA) is 61.4 Å². The Hall–Kier alpha value is -9.78. The lowest BCUT2D eigenvalue weighted by atomic mass is 9.95. The van der Waals surface area contributed by atoms with Gasteiger partial charge in [-0.15, -0.1) is 0 Å². The van der Waals surface area contributed by atoms with Crippen LogP contribution in [0.5, 0.6) is 0 Å². The Balaban J connectivity index is 0.934. The summed E-state index contributed by atoms with van der Waals surface area (Å²) in [4.78, 5) is 20.7. The van der Waals surface area contributed by atoms with Gasteiger partial charge >= 0.3 is 0 Å². The number of fused-ring (bicyclic) bond motifs is 7. The molecule has 0 spiro atoms. The standard InChI is InChI=1S/C66H42N6/c1-5-17-43(18-6-1)60-41-61(70-66(69-60)44-19-7-2-8-20-44)58-34-30-48(42-67-58)53-40-59(47-32-36-65-56(39-47)52-26-14-16-28-63(52)72(65)50-23-11-4-12-24-50)68-57-33-29-45(37-54(53)57)46-31-35-64-55(38-46)51-25-13-15-27-62(51)71(64)49-21-9-3-10-22-49/h1-42H. The highest BCUT2D eigenvalue weighted by Gasteiger charge is 2.19. The van der Waals surface area contributed by atoms with Crippen molar-refractivity contribution in [3.63, 3.8) is 0 Å². The second kappa shape index (κ2) is 17.0. The average Bonchev–Trinajstić information content (AvgIpc) is 3.98. The Morgan fingerprint density at radius 2 is 0.736 bits per heavy atom. The van der Waals surface area contributed by atoms with Gasteiger partial charge in [-0.05, 0) is 108 Å². The quantitative estimate of drug-likeness (QED) is 0.152. The molecule has 336 valence electrons. The fourth-order valence-electron chi connectivity index (χ4n) is 10.5. The van der Waals surface area contributed by atoms with Crippen LogP contribution in [-0.2, 0) is 0 Å². The van der Waals surface area contributed by atoms with E-state index in [2.05, 4.69) is 203 Å². The Bertz CT molecular complexity index is 4300. The van der Waals surface area contributed by atoms with Crippen molar-refractivity contribution in [2.75, 3.05) is 0 Å². The molecule has 0 radical (unpaired) electrons. The minimum absolute atomic E-state index is 0.654. The molecule has 5 heterocycles. The summed E-state index contributed by atoms with van der Waals surface area (Å²) in [5.41, 5.74) is 18.4. The number of hydrogen-bond acceptors (Lipinski definition) is 4. The second-order valence-electron chi connectivity index (χ2n) is 18.3. The lowest BCUT2D eigenvalue weighted by molar-refractivity contribution is 1.16. The van der Waals surface area contributed by atoms with Gasteiger partial charge in [-0.25, -0.2) is 15.0 Å². The largest absolute Gasteiger partial charge is 0.309 e. The lowest BCUT2D eigenvalue weighted by Crippen LogP contribution is -1.97. The van der Waals surface area contributed by atoms with Crippen LogP contribution < -0.4 is 0 Å². The highest BCUT2D eigenvalue weighted by molar-refractivity contribution is 6.12. The molecule has 0 aliphatic rings. The Kier molecular flexibility index (Phi) is 9.74. The van der Waals surface area contributed by atoms with E-state index in [0.29, 0.717) is 5.82 Å². The summed E-state index contributed by atoms with van der Waals surface area (Å²) in [5.74, 6) is 0.654. The van der Waals surface area contributed by atoms with Crippen molar-refractivity contribution < 1.29 is 0 Å². The first-order chi connectivity index (χ1) is 35.7. The smallest absolute Gasteiger partial charge is 0.160 e. The van der Waals surface area contributed by atoms with Gasteiger partial charge in [-0.2, -0.15) is 0 Å². The van der Waals surface area contributed by atoms with Crippen LogP contribution in [0.25, 0.3) is 133 Å². The molecule has 0 N–H and O–H groups in total. The number of nitrogens with zero attached hydrogens (tertiary/aromatic N) is 6. The average molecular weight is 919 g/mol. The number of rotatable bonds is 8. The zero-order valence-corrected chi connectivity index (χ0v) is 38.9. The van der Waals surface area contributed by atoms with E-state index in [1.165, 1.54) is 38.1 Å². The third kappa shape index (κ3) is 7.04. The molecular weight excluding hydrogens is 877 g/mol. The number of aromatic nitrogens is 6. The van der Waals surface area contributed by atoms with Crippen LogP contribution in [0.3, 0.4) is 0 Å². The van der Waals surface area contributed by atoms with Gasteiger partial charge in [-0.3, -0.25) is 4.98 Å². The summed E-state index contributed by atoms with van der Waals surface area (Å²) in [7, 11) is 0. The Labute approximate surface area is 415 Å². The van der Waals surface area contributed by atoms with Crippen LogP contribution in [0.1, 0.15) is 0 Å². The molecule has 72 heavy (non-hydrogen) atoms. The molecule has 0 atom stereocenters. The fourth-order valence-corrected chi connectivity index (χ4v) is 10.5. The number of pyridine rings is 2. The molecule has 0 aliphatic heterocycles. The first-order valence-corrected chi connectivity index (χ1v) is 24.3. The minimum atomic E-state index is 0.654. The van der Waals surface area contributed by atoms with Crippen LogP contribution in [0.2, 0.25) is 0 Å². The minimum Gasteiger partial charge on any atom is -0.309 e. The van der Waals surface area contributed by atoms with Crippen molar-refractivity contribution in [3.05, 3.63) is 255 Å². The fraction of sp³-hybridized carbons (Fsp3) is 0. The second-order valence-corrected chi connectivity index (χ2v) is 18.3. The van der Waals surface area contributed by atoms with E-state index in [1.54, 1.807) is 0 Å². The van der Waals surface area contributed by atoms with Gasteiger partial charge in [0.05, 0.1) is 50.4 Å². The van der Waals surface area contributed by atoms with Crippen molar-refractivity contribution in [1.82, 2.24) is 29.1 Å². The maximum Gasteiger partial charge on any atom is 0.160 e. The van der Waals surface area contributed by atoms with Crippen LogP contribution in [0.15, 0.2) is 255 Å². The van der Waals surface area contributed by atoms with Crippen molar-refractivity contribution in [1.29, 1.82) is 0 Å². The SMILES string of the molecule is c1ccc(-c2cc(-c3ccc(-c4cc(-c5ccc6c(c5)c5ccccc5n6-c5ccccc5)nc5ccc(-c6ccc7c(c6)c6ccccc6n7-c6ccccc6)cc45)cn3)nc(-c3ccccc3)n2)cc1. The first kappa shape index (κ1) is 41.2. The molecule has 14 aromatic rings. The summed E-state index contributed by atoms with van der Waals surface area (Å²) in [5, 5.41) is 5.84. The van der Waals surface area contributed by atoms with Crippen LogP contribution >= 0.6 is 0 Å². The summed E-state index contributed by atoms with van der Waals surface area (Å²) in [6.07, 6.45) is 1.98. The van der Waals surface area contributed by atoms with Crippen molar-refractivity contribution in [2.24, 2.45) is 0 Å². The zero-order chi connectivity index (χ0) is 47.5. The van der Waals surface area contributed by atoms with Crippen LogP contribution in [0.4, 0.5) is 0 Å². The third-order valence-corrected chi connectivity index (χ3v) is 14.0. The normalized spacial score (nSPS) is 11.6. The molecule has 0 saturated carbocycles. The molecule has 0 bridgehead atoms. The highest BCUT2D eigenvalue weighted by atomic mass is 15.0. The Morgan fingerprint density at radius 3 is 1.35 bits per heavy atom. The van der Waals surface area contributed by atoms with E-state index in [9.17, 15) is 0 Å². The van der Waals surface area contributed by atoms with Gasteiger partial charge in [0.25, 0.3) is 0 Å². The van der Waals surface area contributed by atoms with Crippen molar-refractivity contribution in [3.8, 4) is 78.9 Å². The van der Waals surface area contributed by atoms with Crippen molar-refractivity contribution in [2.45, 2.75) is 0 Å². The third-order valence-electron chi connectivity index (χ3n) is 14.0. The van der Waals surface area contributed by atoms with E-state index in [4.69, 9.17) is 19.9 Å². The van der Waals surface area contributed by atoms with Gasteiger partial charge in [0, 0.05) is 66.8 Å². The molecule has 0 aliphatic carbocycles. The number of benzene rings is 9. The van der Waals surface area contributed by atoms with E-state index < -0.39 is 0 Å². The predicted octanol–water partition coefficient (Wildman–Crippen LogP) is 16.6. The molecule has 6 heteroatoms. The van der Waals surface area contributed by atoms with Gasteiger partial charge in [0.2, 0.25) is 0 Å². The molecule has 0 unspecified atom stereocenters. The molecule has 0 fully saturated rings. The predicted molar refractivity (Wildman–Crippen MR) is 296 cm³/mol. The van der Waals surface area contributed by atoms with Crippen LogP contribution in [0, 0.1) is 0 Å². The molecule has 0 amide bonds. The molecule has 14 rings (SSSR count). The van der Waals surface area contributed by atoms with Gasteiger partial charge < -0.3 is 9.13 Å². The zero-order valence-electron chi connectivity index (χ0n) is 38.9. The van der Waals surface area contributed by atoms with E-state index in [0.717, 1.165) is 89.5 Å². The maximum atomic E-state index is 5.44. The summed E-state index contributed by atoms with van der Waals surface area (Å²) in [6, 6.07) is 87.7.